The Labute approximate surface area is 149 Å². The monoisotopic (exact) mass is 373 g/mol. The van der Waals surface area contributed by atoms with Gasteiger partial charge in [0.25, 0.3) is 0 Å². The van der Waals surface area contributed by atoms with Crippen LogP contribution in [0.5, 0.6) is 11.5 Å². The van der Waals surface area contributed by atoms with Crippen molar-refractivity contribution in [3.05, 3.63) is 23.8 Å². The highest BCUT2D eigenvalue weighted by Gasteiger charge is 2.35. The van der Waals surface area contributed by atoms with Crippen molar-refractivity contribution >= 4 is 13.5 Å². The van der Waals surface area contributed by atoms with Gasteiger partial charge < -0.3 is 23.8 Å². The van der Waals surface area contributed by atoms with E-state index in [9.17, 15) is 9.36 Å². The van der Waals surface area contributed by atoms with Crippen LogP contribution in [0.1, 0.15) is 26.3 Å². The average Bonchev–Trinajstić information content (AvgIpc) is 2.58. The standard InChI is InChI=1S/C17H28NO6P/c1-6-23-25(20,24-7-2)15(12-18-13(3)19)10-14-8-9-16(21-4)17(11-14)22-5/h8-9,11,15H,6-7,10,12H2,1-5H3,(H,18,19). The molecule has 1 rings (SSSR count). The van der Waals surface area contributed by atoms with Crippen LogP contribution in [-0.4, -0.2) is 45.5 Å². The van der Waals surface area contributed by atoms with Gasteiger partial charge in [0.05, 0.1) is 33.1 Å². The quantitative estimate of drug-likeness (QED) is 0.601. The number of benzene rings is 1. The summed E-state index contributed by atoms with van der Waals surface area (Å²) in [5.41, 5.74) is 0.377. The maximum absolute atomic E-state index is 13.2. The zero-order valence-corrected chi connectivity index (χ0v) is 16.4. The molecule has 0 bridgehead atoms. The molecule has 0 saturated carbocycles. The van der Waals surface area contributed by atoms with Crippen molar-refractivity contribution < 1.29 is 27.9 Å². The molecule has 1 N–H and O–H groups in total. The SMILES string of the molecule is CCOP(=O)(OCC)C(CNC(C)=O)Cc1ccc(OC)c(OC)c1. The number of methoxy groups -OCH3 is 2. The minimum atomic E-state index is -3.38. The fraction of sp³-hybridized carbons (Fsp3) is 0.588. The van der Waals surface area contributed by atoms with Crippen molar-refractivity contribution in [1.82, 2.24) is 5.32 Å². The summed E-state index contributed by atoms with van der Waals surface area (Å²) in [7, 11) is -0.258. The molecule has 0 spiro atoms. The molecular formula is C17H28NO6P. The van der Waals surface area contributed by atoms with E-state index in [2.05, 4.69) is 5.32 Å². The number of carbonyl (C=O) groups is 1. The van der Waals surface area contributed by atoms with Crippen molar-refractivity contribution in [3.8, 4) is 11.5 Å². The fourth-order valence-electron chi connectivity index (χ4n) is 2.44. The van der Waals surface area contributed by atoms with Gasteiger partial charge in [0, 0.05) is 13.5 Å². The van der Waals surface area contributed by atoms with Gasteiger partial charge in [0.1, 0.15) is 0 Å². The Bertz CT molecular complexity index is 597. The van der Waals surface area contributed by atoms with Gasteiger partial charge in [-0.25, -0.2) is 0 Å². The fourth-order valence-corrected chi connectivity index (χ4v) is 4.41. The van der Waals surface area contributed by atoms with Crippen molar-refractivity contribution in [2.45, 2.75) is 32.9 Å². The van der Waals surface area contributed by atoms with Gasteiger partial charge in [-0.1, -0.05) is 6.07 Å². The molecule has 142 valence electrons. The molecule has 25 heavy (non-hydrogen) atoms. The molecule has 0 fully saturated rings. The van der Waals surface area contributed by atoms with Gasteiger partial charge in [-0.15, -0.1) is 0 Å². The van der Waals surface area contributed by atoms with Crippen LogP contribution in [0, 0.1) is 0 Å². The second kappa shape index (κ2) is 10.4. The normalized spacial score (nSPS) is 12.5. The zero-order chi connectivity index (χ0) is 18.9. The predicted octanol–water partition coefficient (Wildman–Crippen LogP) is 3.02. The maximum Gasteiger partial charge on any atom is 0.335 e. The molecule has 0 heterocycles. The predicted molar refractivity (Wildman–Crippen MR) is 96.6 cm³/mol. The van der Waals surface area contributed by atoms with E-state index in [1.54, 1.807) is 34.1 Å². The lowest BCUT2D eigenvalue weighted by molar-refractivity contribution is -0.118. The molecule has 1 aromatic carbocycles. The first-order valence-electron chi connectivity index (χ1n) is 8.24. The molecule has 0 saturated heterocycles. The Morgan fingerprint density at radius 2 is 1.72 bits per heavy atom. The number of hydrogen-bond donors (Lipinski definition) is 1. The van der Waals surface area contributed by atoms with E-state index < -0.39 is 13.3 Å². The van der Waals surface area contributed by atoms with E-state index in [1.165, 1.54) is 6.92 Å². The number of carbonyl (C=O) groups excluding carboxylic acids is 1. The van der Waals surface area contributed by atoms with Gasteiger partial charge >= 0.3 is 7.60 Å². The highest BCUT2D eigenvalue weighted by molar-refractivity contribution is 7.54. The van der Waals surface area contributed by atoms with Crippen molar-refractivity contribution in [2.75, 3.05) is 34.0 Å². The molecule has 1 aromatic rings. The van der Waals surface area contributed by atoms with E-state index in [4.69, 9.17) is 18.5 Å². The van der Waals surface area contributed by atoms with E-state index in [0.717, 1.165) is 5.56 Å². The Hall–Kier alpha value is -1.56. The maximum atomic E-state index is 13.2. The van der Waals surface area contributed by atoms with Crippen LogP contribution in [0.4, 0.5) is 0 Å². The van der Waals surface area contributed by atoms with Crippen molar-refractivity contribution in [2.24, 2.45) is 0 Å². The van der Waals surface area contributed by atoms with Gasteiger partial charge in [-0.3, -0.25) is 9.36 Å². The van der Waals surface area contributed by atoms with Crippen LogP contribution in [0.3, 0.4) is 0 Å². The van der Waals surface area contributed by atoms with E-state index in [0.29, 0.717) is 17.9 Å². The highest BCUT2D eigenvalue weighted by Crippen LogP contribution is 2.54. The lowest BCUT2D eigenvalue weighted by Crippen LogP contribution is -2.33. The summed E-state index contributed by atoms with van der Waals surface area (Å²) in [6, 6.07) is 5.47. The lowest BCUT2D eigenvalue weighted by Gasteiger charge is -2.26. The van der Waals surface area contributed by atoms with Crippen LogP contribution in [0.2, 0.25) is 0 Å². The Balaban J connectivity index is 3.11. The zero-order valence-electron chi connectivity index (χ0n) is 15.5. The molecule has 7 nitrogen and oxygen atoms in total. The third kappa shape index (κ3) is 6.34. The summed E-state index contributed by atoms with van der Waals surface area (Å²) >= 11 is 0. The number of nitrogens with one attached hydrogen (secondary N) is 1. The topological polar surface area (TPSA) is 83.1 Å². The van der Waals surface area contributed by atoms with Gasteiger partial charge in [0.2, 0.25) is 5.91 Å². The molecule has 0 aliphatic rings. The van der Waals surface area contributed by atoms with Gasteiger partial charge in [0.15, 0.2) is 11.5 Å². The first kappa shape index (κ1) is 21.5. The van der Waals surface area contributed by atoms with Crippen LogP contribution < -0.4 is 14.8 Å². The van der Waals surface area contributed by atoms with Crippen molar-refractivity contribution in [1.29, 1.82) is 0 Å². The Kier molecular flexibility index (Phi) is 8.97. The van der Waals surface area contributed by atoms with E-state index in [-0.39, 0.29) is 25.7 Å². The van der Waals surface area contributed by atoms with Crippen LogP contribution in [0.15, 0.2) is 18.2 Å². The molecule has 1 unspecified atom stereocenters. The van der Waals surface area contributed by atoms with E-state index in [1.807, 2.05) is 12.1 Å². The Morgan fingerprint density at radius 1 is 1.12 bits per heavy atom. The summed E-state index contributed by atoms with van der Waals surface area (Å²) in [5.74, 6) is 1.00. The molecular weight excluding hydrogens is 345 g/mol. The minimum absolute atomic E-state index is 0.195. The molecule has 0 radical (unpaired) electrons. The van der Waals surface area contributed by atoms with E-state index >= 15 is 0 Å². The third-order valence-corrected chi connectivity index (χ3v) is 6.07. The summed E-state index contributed by atoms with van der Waals surface area (Å²) in [5, 5.41) is 2.71. The van der Waals surface area contributed by atoms with Crippen LogP contribution in [0.25, 0.3) is 0 Å². The highest BCUT2D eigenvalue weighted by atomic mass is 31.2. The summed E-state index contributed by atoms with van der Waals surface area (Å²) in [6.07, 6.45) is 0.401. The van der Waals surface area contributed by atoms with Crippen molar-refractivity contribution in [3.63, 3.8) is 0 Å². The summed E-state index contributed by atoms with van der Waals surface area (Å²) < 4.78 is 34.6. The first-order valence-corrected chi connectivity index (χ1v) is 9.85. The summed E-state index contributed by atoms with van der Waals surface area (Å²) in [4.78, 5) is 11.3. The minimum Gasteiger partial charge on any atom is -0.493 e. The third-order valence-electron chi connectivity index (χ3n) is 3.57. The lowest BCUT2D eigenvalue weighted by atomic mass is 10.1. The second-order valence-electron chi connectivity index (χ2n) is 5.36. The average molecular weight is 373 g/mol. The summed E-state index contributed by atoms with van der Waals surface area (Å²) in [6.45, 7) is 5.66. The molecule has 1 amide bonds. The number of amides is 1. The van der Waals surface area contributed by atoms with Crippen LogP contribution >= 0.6 is 7.60 Å². The van der Waals surface area contributed by atoms with Crippen LogP contribution in [-0.2, 0) is 24.8 Å². The molecule has 8 heteroatoms. The molecule has 1 atom stereocenters. The smallest absolute Gasteiger partial charge is 0.335 e. The van der Waals surface area contributed by atoms with Gasteiger partial charge in [-0.05, 0) is 38.0 Å². The van der Waals surface area contributed by atoms with Gasteiger partial charge in [-0.2, -0.15) is 0 Å². The first-order chi connectivity index (χ1) is 11.9. The number of ether oxygens (including phenoxy) is 2. The largest absolute Gasteiger partial charge is 0.493 e. The molecule has 0 aliphatic heterocycles. The molecule has 0 aliphatic carbocycles. The second-order valence-corrected chi connectivity index (χ2v) is 7.69. The Morgan fingerprint density at radius 3 is 2.20 bits per heavy atom. The molecule has 0 aromatic heterocycles. The number of rotatable bonds is 11. The number of hydrogen-bond acceptors (Lipinski definition) is 6.